The Morgan fingerprint density at radius 2 is 1.50 bits per heavy atom. The molecule has 0 aromatic heterocycles. The van der Waals surface area contributed by atoms with Crippen LogP contribution in [0.1, 0.15) is 46.0 Å². The lowest BCUT2D eigenvalue weighted by molar-refractivity contribution is 0.256. The van der Waals surface area contributed by atoms with E-state index in [4.69, 9.17) is 0 Å². The van der Waals surface area contributed by atoms with E-state index in [9.17, 15) is 0 Å². The fourth-order valence-corrected chi connectivity index (χ4v) is 2.29. The first-order valence-corrected chi connectivity index (χ1v) is 5.50. The van der Waals surface area contributed by atoms with Gasteiger partial charge in [-0.25, -0.2) is 5.32 Å². The average molecular weight is 168 g/mol. The van der Waals surface area contributed by atoms with Gasteiger partial charge in [-0.2, -0.15) is 0 Å². The third kappa shape index (κ3) is 3.14. The molecule has 0 aromatic carbocycles. The van der Waals surface area contributed by atoms with Crippen LogP contribution in [0, 0.1) is 11.8 Å². The van der Waals surface area contributed by atoms with Crippen molar-refractivity contribution < 1.29 is 0 Å². The van der Waals surface area contributed by atoms with E-state index >= 15 is 0 Å². The second-order valence-corrected chi connectivity index (χ2v) is 4.13. The molecule has 0 N–H and O–H groups in total. The van der Waals surface area contributed by atoms with Crippen LogP contribution in [0.15, 0.2) is 0 Å². The Bertz CT molecular complexity index is 95.6. The first-order chi connectivity index (χ1) is 5.86. The zero-order chi connectivity index (χ0) is 8.81. The monoisotopic (exact) mass is 168 g/mol. The predicted octanol–water partition coefficient (Wildman–Crippen LogP) is 2.83. The van der Waals surface area contributed by atoms with Gasteiger partial charge >= 0.3 is 0 Å². The van der Waals surface area contributed by atoms with Crippen molar-refractivity contribution in [1.29, 1.82) is 0 Å². The van der Waals surface area contributed by atoms with Gasteiger partial charge in [0.2, 0.25) is 0 Å². The number of nitrogens with zero attached hydrogens (tertiary/aromatic N) is 1. The summed E-state index contributed by atoms with van der Waals surface area (Å²) in [5.41, 5.74) is 0. The molecule has 1 fully saturated rings. The predicted molar refractivity (Wildman–Crippen MR) is 53.3 cm³/mol. The van der Waals surface area contributed by atoms with Crippen LogP contribution in [0.5, 0.6) is 0 Å². The molecule has 1 radical (unpaired) electrons. The summed E-state index contributed by atoms with van der Waals surface area (Å²) in [6.07, 6.45) is 6.90. The molecule has 0 aromatic rings. The highest BCUT2D eigenvalue weighted by molar-refractivity contribution is 4.75. The molecular formula is C11H22N. The second-order valence-electron chi connectivity index (χ2n) is 4.13. The Kier molecular flexibility index (Phi) is 4.67. The Morgan fingerprint density at radius 1 is 1.00 bits per heavy atom. The zero-order valence-corrected chi connectivity index (χ0v) is 8.55. The van der Waals surface area contributed by atoms with E-state index < -0.39 is 0 Å². The molecule has 1 nitrogen and oxygen atoms in total. The van der Waals surface area contributed by atoms with E-state index in [1.807, 2.05) is 0 Å². The molecule has 1 aliphatic heterocycles. The van der Waals surface area contributed by atoms with Crippen molar-refractivity contribution in [1.82, 2.24) is 5.32 Å². The molecule has 1 saturated heterocycles. The van der Waals surface area contributed by atoms with E-state index in [2.05, 4.69) is 19.2 Å². The minimum absolute atomic E-state index is 0.917. The minimum Gasteiger partial charge on any atom is -0.241 e. The fraction of sp³-hybridized carbons (Fsp3) is 1.00. The maximum Gasteiger partial charge on any atom is 0.0161 e. The summed E-state index contributed by atoms with van der Waals surface area (Å²) >= 11 is 0. The summed E-state index contributed by atoms with van der Waals surface area (Å²) in [4.78, 5) is 0. The molecule has 0 saturated carbocycles. The van der Waals surface area contributed by atoms with E-state index in [0.717, 1.165) is 24.9 Å². The molecule has 1 aliphatic rings. The van der Waals surface area contributed by atoms with Crippen LogP contribution in [0.4, 0.5) is 0 Å². The lowest BCUT2D eigenvalue weighted by atomic mass is 9.85. The topological polar surface area (TPSA) is 14.1 Å². The Morgan fingerprint density at radius 3 is 1.92 bits per heavy atom. The molecular weight excluding hydrogens is 146 g/mol. The smallest absolute Gasteiger partial charge is 0.0161 e. The van der Waals surface area contributed by atoms with Gasteiger partial charge in [0.05, 0.1) is 0 Å². The maximum atomic E-state index is 4.58. The average Bonchev–Trinajstić information content (AvgIpc) is 2.06. The van der Waals surface area contributed by atoms with Gasteiger partial charge in [0.25, 0.3) is 0 Å². The van der Waals surface area contributed by atoms with Crippen LogP contribution in [-0.4, -0.2) is 13.1 Å². The summed E-state index contributed by atoms with van der Waals surface area (Å²) in [6, 6.07) is 0. The standard InChI is InChI=1S/C11H22N/c1-3-5-10-7-11(6-4-2)9-12-8-10/h10-11H,3-9H2,1-2H3. The number of rotatable bonds is 4. The maximum absolute atomic E-state index is 4.58. The van der Waals surface area contributed by atoms with Gasteiger partial charge in [0.15, 0.2) is 0 Å². The lowest BCUT2D eigenvalue weighted by Crippen LogP contribution is -2.31. The molecule has 1 heterocycles. The SMILES string of the molecule is CCCC1C[N]CC(CCC)C1. The molecule has 0 amide bonds. The Hall–Kier alpha value is -0.0400. The highest BCUT2D eigenvalue weighted by atomic mass is 14.9. The quantitative estimate of drug-likeness (QED) is 0.613. The Labute approximate surface area is 76.9 Å². The van der Waals surface area contributed by atoms with Crippen molar-refractivity contribution in [3.8, 4) is 0 Å². The van der Waals surface area contributed by atoms with Crippen molar-refractivity contribution in [2.75, 3.05) is 13.1 Å². The molecule has 0 bridgehead atoms. The Balaban J connectivity index is 2.20. The van der Waals surface area contributed by atoms with Crippen molar-refractivity contribution in [2.45, 2.75) is 46.0 Å². The molecule has 1 rings (SSSR count). The van der Waals surface area contributed by atoms with Crippen LogP contribution in [0.3, 0.4) is 0 Å². The van der Waals surface area contributed by atoms with Crippen molar-refractivity contribution in [3.05, 3.63) is 0 Å². The van der Waals surface area contributed by atoms with Gasteiger partial charge in [-0.3, -0.25) is 0 Å². The molecule has 12 heavy (non-hydrogen) atoms. The van der Waals surface area contributed by atoms with Crippen molar-refractivity contribution in [2.24, 2.45) is 11.8 Å². The van der Waals surface area contributed by atoms with Gasteiger partial charge in [-0.1, -0.05) is 26.7 Å². The van der Waals surface area contributed by atoms with Crippen LogP contribution in [0.2, 0.25) is 0 Å². The largest absolute Gasteiger partial charge is 0.241 e. The molecule has 2 atom stereocenters. The van der Waals surface area contributed by atoms with Crippen molar-refractivity contribution >= 4 is 0 Å². The van der Waals surface area contributed by atoms with E-state index in [-0.39, 0.29) is 0 Å². The summed E-state index contributed by atoms with van der Waals surface area (Å²) in [6.45, 7) is 6.86. The first-order valence-electron chi connectivity index (χ1n) is 5.50. The molecule has 2 unspecified atom stereocenters. The van der Waals surface area contributed by atoms with Gasteiger partial charge in [0.1, 0.15) is 0 Å². The number of hydrogen-bond donors (Lipinski definition) is 0. The third-order valence-electron chi connectivity index (χ3n) is 2.84. The fourth-order valence-electron chi connectivity index (χ4n) is 2.29. The number of hydrogen-bond acceptors (Lipinski definition) is 0. The highest BCUT2D eigenvalue weighted by Gasteiger charge is 2.20. The third-order valence-corrected chi connectivity index (χ3v) is 2.84. The van der Waals surface area contributed by atoms with Crippen molar-refractivity contribution in [3.63, 3.8) is 0 Å². The summed E-state index contributed by atoms with van der Waals surface area (Å²) in [5, 5.41) is 4.58. The minimum atomic E-state index is 0.917. The summed E-state index contributed by atoms with van der Waals surface area (Å²) in [5.74, 6) is 1.83. The molecule has 0 aliphatic carbocycles. The van der Waals surface area contributed by atoms with Gasteiger partial charge < -0.3 is 0 Å². The van der Waals surface area contributed by atoms with Crippen LogP contribution < -0.4 is 5.32 Å². The highest BCUT2D eigenvalue weighted by Crippen LogP contribution is 2.24. The van der Waals surface area contributed by atoms with E-state index in [0.29, 0.717) is 0 Å². The number of piperidine rings is 1. The van der Waals surface area contributed by atoms with Crippen LogP contribution >= 0.6 is 0 Å². The molecule has 0 spiro atoms. The van der Waals surface area contributed by atoms with Gasteiger partial charge in [-0.15, -0.1) is 0 Å². The summed E-state index contributed by atoms with van der Waals surface area (Å²) in [7, 11) is 0. The van der Waals surface area contributed by atoms with Crippen LogP contribution in [0.25, 0.3) is 0 Å². The van der Waals surface area contributed by atoms with Gasteiger partial charge in [0, 0.05) is 13.1 Å². The lowest BCUT2D eigenvalue weighted by Gasteiger charge is -2.28. The molecule has 1 heteroatoms. The van der Waals surface area contributed by atoms with Gasteiger partial charge in [-0.05, 0) is 31.1 Å². The van der Waals surface area contributed by atoms with Crippen LogP contribution in [-0.2, 0) is 0 Å². The zero-order valence-electron chi connectivity index (χ0n) is 8.55. The first kappa shape index (κ1) is 10.0. The van der Waals surface area contributed by atoms with E-state index in [1.165, 1.54) is 32.1 Å². The van der Waals surface area contributed by atoms with E-state index in [1.54, 1.807) is 0 Å². The summed E-state index contributed by atoms with van der Waals surface area (Å²) < 4.78 is 0. The second kappa shape index (κ2) is 5.58. The molecule has 71 valence electrons. The normalized spacial score (nSPS) is 30.5.